The number of carbonyl (C=O) groups excluding carboxylic acids is 1. The highest BCUT2D eigenvalue weighted by atomic mass is 16.6. The lowest BCUT2D eigenvalue weighted by atomic mass is 10.1. The van der Waals surface area contributed by atoms with Crippen molar-refractivity contribution < 1.29 is 9.72 Å². The number of rotatable bonds is 3. The van der Waals surface area contributed by atoms with Crippen LogP contribution < -0.4 is 5.32 Å². The maximum Gasteiger partial charge on any atom is 0.285 e. The Labute approximate surface area is 109 Å². The number of nitrogens with zero attached hydrogens (tertiary/aromatic N) is 2. The van der Waals surface area contributed by atoms with Crippen LogP contribution in [0.15, 0.2) is 42.7 Å². The molecular formula is C13H11N3O3. The van der Waals surface area contributed by atoms with Gasteiger partial charge in [0.05, 0.1) is 4.92 Å². The largest absolute Gasteiger partial charge is 0.322 e. The van der Waals surface area contributed by atoms with Gasteiger partial charge in [0.1, 0.15) is 5.56 Å². The molecule has 1 aromatic carbocycles. The minimum absolute atomic E-state index is 0.0433. The van der Waals surface area contributed by atoms with Crippen molar-refractivity contribution in [3.8, 4) is 0 Å². The van der Waals surface area contributed by atoms with Gasteiger partial charge in [-0.25, -0.2) is 0 Å². The van der Waals surface area contributed by atoms with Crippen LogP contribution in [0.5, 0.6) is 0 Å². The number of hydrogen-bond acceptors (Lipinski definition) is 4. The van der Waals surface area contributed by atoms with Gasteiger partial charge in [0.2, 0.25) is 0 Å². The Morgan fingerprint density at radius 1 is 1.26 bits per heavy atom. The normalized spacial score (nSPS) is 9.95. The van der Waals surface area contributed by atoms with Crippen molar-refractivity contribution in [1.82, 2.24) is 4.98 Å². The fourth-order valence-electron chi connectivity index (χ4n) is 1.72. The summed E-state index contributed by atoms with van der Waals surface area (Å²) in [5, 5.41) is 13.6. The highest BCUT2D eigenvalue weighted by Crippen LogP contribution is 2.23. The van der Waals surface area contributed by atoms with Gasteiger partial charge in [-0.1, -0.05) is 12.1 Å². The van der Waals surface area contributed by atoms with Crippen molar-refractivity contribution in [1.29, 1.82) is 0 Å². The second-order valence-corrected chi connectivity index (χ2v) is 3.92. The van der Waals surface area contributed by atoms with E-state index < -0.39 is 10.8 Å². The van der Waals surface area contributed by atoms with Crippen LogP contribution in [0.4, 0.5) is 11.4 Å². The van der Waals surface area contributed by atoms with Crippen molar-refractivity contribution in [2.75, 3.05) is 5.32 Å². The molecular weight excluding hydrogens is 246 g/mol. The Bertz CT molecular complexity index is 626. The monoisotopic (exact) mass is 257 g/mol. The first-order valence-corrected chi connectivity index (χ1v) is 5.55. The molecule has 0 aliphatic heterocycles. The molecule has 0 spiro atoms. The SMILES string of the molecule is Cc1cccc(C(=O)Nc2ccncc2)c1[N+](=O)[O-]. The van der Waals surface area contributed by atoms with Crippen molar-refractivity contribution in [3.63, 3.8) is 0 Å². The van der Waals surface area contributed by atoms with Gasteiger partial charge in [-0.15, -0.1) is 0 Å². The standard InChI is InChI=1S/C13H11N3O3/c1-9-3-2-4-11(12(9)16(18)19)13(17)15-10-5-7-14-8-6-10/h2-8H,1H3,(H,14,15,17). The van der Waals surface area contributed by atoms with Crippen LogP contribution in [0, 0.1) is 17.0 Å². The van der Waals surface area contributed by atoms with E-state index in [1.165, 1.54) is 18.5 Å². The Kier molecular flexibility index (Phi) is 3.51. The molecule has 0 radical (unpaired) electrons. The first-order valence-electron chi connectivity index (χ1n) is 5.55. The fraction of sp³-hybridized carbons (Fsp3) is 0.0769. The summed E-state index contributed by atoms with van der Waals surface area (Å²) < 4.78 is 0. The number of nitro benzene ring substituents is 1. The number of nitrogens with one attached hydrogen (secondary N) is 1. The molecule has 0 saturated carbocycles. The van der Waals surface area contributed by atoms with Crippen LogP contribution in [-0.4, -0.2) is 15.8 Å². The van der Waals surface area contributed by atoms with Gasteiger partial charge in [-0.3, -0.25) is 19.9 Å². The number of anilines is 1. The van der Waals surface area contributed by atoms with Crippen molar-refractivity contribution >= 4 is 17.3 Å². The molecule has 1 N–H and O–H groups in total. The second kappa shape index (κ2) is 5.26. The fourth-order valence-corrected chi connectivity index (χ4v) is 1.72. The van der Waals surface area contributed by atoms with Crippen molar-refractivity contribution in [2.24, 2.45) is 0 Å². The predicted molar refractivity (Wildman–Crippen MR) is 70.0 cm³/mol. The van der Waals surface area contributed by atoms with Gasteiger partial charge in [0, 0.05) is 23.6 Å². The Hall–Kier alpha value is -2.76. The number of nitro groups is 1. The maximum absolute atomic E-state index is 12.1. The lowest BCUT2D eigenvalue weighted by Gasteiger charge is -2.06. The van der Waals surface area contributed by atoms with E-state index in [0.29, 0.717) is 11.3 Å². The summed E-state index contributed by atoms with van der Waals surface area (Å²) in [6, 6.07) is 7.87. The third-order valence-electron chi connectivity index (χ3n) is 2.60. The number of pyridine rings is 1. The minimum Gasteiger partial charge on any atom is -0.322 e. The van der Waals surface area contributed by atoms with E-state index in [-0.39, 0.29) is 11.3 Å². The van der Waals surface area contributed by atoms with E-state index in [1.54, 1.807) is 31.2 Å². The van der Waals surface area contributed by atoms with E-state index in [0.717, 1.165) is 0 Å². The molecule has 1 aromatic heterocycles. The Balaban J connectivity index is 2.35. The minimum atomic E-state index is -0.545. The third kappa shape index (κ3) is 2.74. The van der Waals surface area contributed by atoms with Gasteiger partial charge in [0.15, 0.2) is 0 Å². The summed E-state index contributed by atoms with van der Waals surface area (Å²) in [6.45, 7) is 1.60. The lowest BCUT2D eigenvalue weighted by molar-refractivity contribution is -0.385. The molecule has 0 unspecified atom stereocenters. The Morgan fingerprint density at radius 2 is 1.95 bits per heavy atom. The summed E-state index contributed by atoms with van der Waals surface area (Å²) in [7, 11) is 0. The highest BCUT2D eigenvalue weighted by molar-refractivity contribution is 6.07. The number of aromatic nitrogens is 1. The highest BCUT2D eigenvalue weighted by Gasteiger charge is 2.22. The van der Waals surface area contributed by atoms with E-state index in [1.807, 2.05) is 0 Å². The molecule has 6 nitrogen and oxygen atoms in total. The molecule has 2 aromatic rings. The van der Waals surface area contributed by atoms with Crippen LogP contribution in [0.3, 0.4) is 0 Å². The summed E-state index contributed by atoms with van der Waals surface area (Å²) in [4.78, 5) is 26.4. The molecule has 0 aliphatic carbocycles. The zero-order chi connectivity index (χ0) is 13.8. The van der Waals surface area contributed by atoms with E-state index in [4.69, 9.17) is 0 Å². The number of hydrogen-bond donors (Lipinski definition) is 1. The molecule has 6 heteroatoms. The molecule has 0 aliphatic rings. The van der Waals surface area contributed by atoms with E-state index in [9.17, 15) is 14.9 Å². The van der Waals surface area contributed by atoms with Crippen LogP contribution in [0.2, 0.25) is 0 Å². The number of amides is 1. The smallest absolute Gasteiger partial charge is 0.285 e. The van der Waals surface area contributed by atoms with Crippen LogP contribution in [0.25, 0.3) is 0 Å². The molecule has 2 rings (SSSR count). The van der Waals surface area contributed by atoms with Gasteiger partial charge in [-0.05, 0) is 25.1 Å². The molecule has 0 atom stereocenters. The average Bonchev–Trinajstić information content (AvgIpc) is 2.39. The van der Waals surface area contributed by atoms with Gasteiger partial charge >= 0.3 is 0 Å². The van der Waals surface area contributed by atoms with Crippen LogP contribution in [0.1, 0.15) is 15.9 Å². The topological polar surface area (TPSA) is 85.1 Å². The van der Waals surface area contributed by atoms with Crippen molar-refractivity contribution in [3.05, 3.63) is 64.0 Å². The van der Waals surface area contributed by atoms with E-state index >= 15 is 0 Å². The van der Waals surface area contributed by atoms with Gasteiger partial charge in [0.25, 0.3) is 11.6 Å². The van der Waals surface area contributed by atoms with Crippen LogP contribution in [-0.2, 0) is 0 Å². The van der Waals surface area contributed by atoms with E-state index in [2.05, 4.69) is 10.3 Å². The third-order valence-corrected chi connectivity index (χ3v) is 2.60. The predicted octanol–water partition coefficient (Wildman–Crippen LogP) is 2.55. The summed E-state index contributed by atoms with van der Waals surface area (Å²) in [5.74, 6) is -0.512. The first-order chi connectivity index (χ1) is 9.09. The van der Waals surface area contributed by atoms with Crippen molar-refractivity contribution in [2.45, 2.75) is 6.92 Å². The number of aryl methyl sites for hydroxylation is 1. The molecule has 1 amide bonds. The molecule has 0 fully saturated rings. The molecule has 0 saturated heterocycles. The second-order valence-electron chi connectivity index (χ2n) is 3.92. The summed E-state index contributed by atoms with van der Waals surface area (Å²) >= 11 is 0. The number of carbonyl (C=O) groups is 1. The zero-order valence-corrected chi connectivity index (χ0v) is 10.2. The first kappa shape index (κ1) is 12.7. The van der Waals surface area contributed by atoms with Gasteiger partial charge in [-0.2, -0.15) is 0 Å². The van der Waals surface area contributed by atoms with Gasteiger partial charge < -0.3 is 5.32 Å². The number of para-hydroxylation sites is 1. The Morgan fingerprint density at radius 3 is 2.58 bits per heavy atom. The summed E-state index contributed by atoms with van der Waals surface area (Å²) in [6.07, 6.45) is 3.06. The average molecular weight is 257 g/mol. The molecule has 96 valence electrons. The molecule has 19 heavy (non-hydrogen) atoms. The molecule has 1 heterocycles. The lowest BCUT2D eigenvalue weighted by Crippen LogP contribution is -2.14. The molecule has 0 bridgehead atoms. The maximum atomic E-state index is 12.1. The van der Waals surface area contributed by atoms with Crippen LogP contribution >= 0.6 is 0 Å². The number of benzene rings is 1. The quantitative estimate of drug-likeness (QED) is 0.676. The zero-order valence-electron chi connectivity index (χ0n) is 10.2. The summed E-state index contributed by atoms with van der Waals surface area (Å²) in [5.41, 5.74) is 0.860.